The minimum atomic E-state index is 0.869. The molecule has 2 heteroatoms. The normalized spacial score (nSPS) is 11.7. The Balaban J connectivity index is 1.18. The van der Waals surface area contributed by atoms with Crippen molar-refractivity contribution in [2.45, 2.75) is 0 Å². The number of nitrogens with zero attached hydrogens (tertiary/aromatic N) is 1. The third-order valence-corrected chi connectivity index (χ3v) is 11.0. The van der Waals surface area contributed by atoms with E-state index in [1.54, 1.807) is 0 Å². The molecule has 1 aromatic heterocycles. The first kappa shape index (κ1) is 30.5. The minimum absolute atomic E-state index is 0.869. The summed E-state index contributed by atoms with van der Waals surface area (Å²) in [5.41, 5.74) is 9.87. The molecule has 0 N–H and O–H groups in total. The molecule has 0 aliphatic heterocycles. The molecule has 0 radical (unpaired) electrons. The molecule has 0 unspecified atom stereocenters. The lowest BCUT2D eigenvalue weighted by atomic mass is 9.90. The van der Waals surface area contributed by atoms with Gasteiger partial charge >= 0.3 is 0 Å². The van der Waals surface area contributed by atoms with E-state index in [4.69, 9.17) is 4.42 Å². The highest BCUT2D eigenvalue weighted by Crippen LogP contribution is 2.47. The molecule has 0 amide bonds. The van der Waals surface area contributed by atoms with Crippen LogP contribution in [-0.2, 0) is 0 Å². The van der Waals surface area contributed by atoms with Crippen molar-refractivity contribution < 1.29 is 4.42 Å². The standard InChI is InChI=1S/C52H33NO/c1-2-13-34(14-3-1)35-27-30-38(31-28-35)53(49-25-12-26-50-51(49)46-32-29-36-15-4-7-18-40(36)52(46)54-50)48-24-11-22-42-44(21-10-23-45(42)48)47-33-37-16-5-6-17-39(37)41-19-8-9-20-43(41)47/h1-33H. The molecule has 252 valence electrons. The van der Waals surface area contributed by atoms with E-state index in [2.05, 4.69) is 205 Å². The molecule has 0 spiro atoms. The molecule has 0 fully saturated rings. The van der Waals surface area contributed by atoms with Crippen molar-refractivity contribution in [2.24, 2.45) is 0 Å². The Labute approximate surface area is 312 Å². The van der Waals surface area contributed by atoms with Gasteiger partial charge in [0.2, 0.25) is 0 Å². The molecule has 54 heavy (non-hydrogen) atoms. The predicted octanol–water partition coefficient (Wildman–Crippen LogP) is 15.0. The molecule has 0 aliphatic rings. The van der Waals surface area contributed by atoms with Crippen molar-refractivity contribution in [3.63, 3.8) is 0 Å². The second kappa shape index (κ2) is 12.2. The van der Waals surface area contributed by atoms with Gasteiger partial charge in [0.05, 0.1) is 16.8 Å². The average Bonchev–Trinajstić information content (AvgIpc) is 3.64. The smallest absolute Gasteiger partial charge is 0.143 e. The van der Waals surface area contributed by atoms with Crippen molar-refractivity contribution in [2.75, 3.05) is 4.90 Å². The Hall–Kier alpha value is -7.16. The zero-order chi connectivity index (χ0) is 35.6. The van der Waals surface area contributed by atoms with E-state index in [0.29, 0.717) is 0 Å². The summed E-state index contributed by atoms with van der Waals surface area (Å²) in [5, 5.41) is 11.9. The van der Waals surface area contributed by atoms with Crippen LogP contribution in [0, 0.1) is 0 Å². The number of fused-ring (bicyclic) bond motifs is 9. The Morgan fingerprint density at radius 1 is 0.333 bits per heavy atom. The summed E-state index contributed by atoms with van der Waals surface area (Å²) in [4.78, 5) is 2.42. The monoisotopic (exact) mass is 687 g/mol. The van der Waals surface area contributed by atoms with E-state index in [1.165, 1.54) is 60.0 Å². The third-order valence-electron chi connectivity index (χ3n) is 11.0. The number of rotatable bonds is 5. The van der Waals surface area contributed by atoms with Gasteiger partial charge in [-0.25, -0.2) is 0 Å². The SMILES string of the molecule is c1ccc(-c2ccc(N(c3cccc4c(-c5cc6ccccc6c6ccccc56)cccc34)c3cccc4oc5c6ccccc6ccc5c34)cc2)cc1. The lowest BCUT2D eigenvalue weighted by molar-refractivity contribution is 0.672. The first-order valence-corrected chi connectivity index (χ1v) is 18.5. The molecule has 11 rings (SSSR count). The van der Waals surface area contributed by atoms with Gasteiger partial charge < -0.3 is 9.32 Å². The van der Waals surface area contributed by atoms with Crippen LogP contribution in [0.25, 0.3) is 87.3 Å². The maximum absolute atomic E-state index is 6.72. The zero-order valence-corrected chi connectivity index (χ0v) is 29.4. The highest BCUT2D eigenvalue weighted by Gasteiger charge is 2.22. The van der Waals surface area contributed by atoms with Gasteiger partial charge in [-0.3, -0.25) is 0 Å². The second-order valence-corrected chi connectivity index (χ2v) is 14.0. The molecule has 1 heterocycles. The largest absolute Gasteiger partial charge is 0.455 e. The molecular formula is C52H33NO. The van der Waals surface area contributed by atoms with Crippen LogP contribution in [0.15, 0.2) is 205 Å². The maximum atomic E-state index is 6.72. The average molecular weight is 688 g/mol. The van der Waals surface area contributed by atoms with E-state index < -0.39 is 0 Å². The van der Waals surface area contributed by atoms with Crippen molar-refractivity contribution in [3.8, 4) is 22.3 Å². The molecule has 0 saturated carbocycles. The van der Waals surface area contributed by atoms with Crippen LogP contribution in [0.2, 0.25) is 0 Å². The molecule has 11 aromatic rings. The molecular weight excluding hydrogens is 655 g/mol. The summed E-state index contributed by atoms with van der Waals surface area (Å²) < 4.78 is 6.72. The molecule has 10 aromatic carbocycles. The number of furan rings is 1. The zero-order valence-electron chi connectivity index (χ0n) is 29.4. The van der Waals surface area contributed by atoms with Crippen LogP contribution in [0.3, 0.4) is 0 Å². The van der Waals surface area contributed by atoms with Gasteiger partial charge in [0.25, 0.3) is 0 Å². The summed E-state index contributed by atoms with van der Waals surface area (Å²) in [5.74, 6) is 0. The van der Waals surface area contributed by atoms with Crippen LogP contribution < -0.4 is 4.90 Å². The topological polar surface area (TPSA) is 16.4 Å². The fourth-order valence-corrected chi connectivity index (χ4v) is 8.56. The van der Waals surface area contributed by atoms with Crippen molar-refractivity contribution in [1.82, 2.24) is 0 Å². The fourth-order valence-electron chi connectivity index (χ4n) is 8.56. The van der Waals surface area contributed by atoms with Crippen LogP contribution >= 0.6 is 0 Å². The quantitative estimate of drug-likeness (QED) is 0.168. The summed E-state index contributed by atoms with van der Waals surface area (Å²) in [6.07, 6.45) is 0. The second-order valence-electron chi connectivity index (χ2n) is 14.0. The summed E-state index contributed by atoms with van der Waals surface area (Å²) in [6.45, 7) is 0. The molecule has 0 saturated heterocycles. The number of hydrogen-bond donors (Lipinski definition) is 0. The van der Waals surface area contributed by atoms with Gasteiger partial charge in [-0.2, -0.15) is 0 Å². The number of hydrogen-bond acceptors (Lipinski definition) is 2. The highest BCUT2D eigenvalue weighted by molar-refractivity contribution is 6.21. The Morgan fingerprint density at radius 2 is 0.944 bits per heavy atom. The Kier molecular flexibility index (Phi) is 6.90. The molecule has 0 aliphatic carbocycles. The summed E-state index contributed by atoms with van der Waals surface area (Å²) in [6, 6.07) is 72.2. The Bertz CT molecular complexity index is 3210. The molecule has 2 nitrogen and oxygen atoms in total. The molecule has 0 bridgehead atoms. The first-order valence-electron chi connectivity index (χ1n) is 18.5. The lowest BCUT2D eigenvalue weighted by Gasteiger charge is -2.28. The summed E-state index contributed by atoms with van der Waals surface area (Å²) in [7, 11) is 0. The minimum Gasteiger partial charge on any atom is -0.455 e. The number of anilines is 3. The Morgan fingerprint density at radius 3 is 1.80 bits per heavy atom. The van der Waals surface area contributed by atoms with E-state index in [1.807, 2.05) is 0 Å². The van der Waals surface area contributed by atoms with Crippen molar-refractivity contribution >= 4 is 82.1 Å². The van der Waals surface area contributed by atoms with Gasteiger partial charge in [-0.1, -0.05) is 158 Å². The van der Waals surface area contributed by atoms with Crippen molar-refractivity contribution in [3.05, 3.63) is 200 Å². The van der Waals surface area contributed by atoms with Crippen LogP contribution in [0.5, 0.6) is 0 Å². The fraction of sp³-hybridized carbons (Fsp3) is 0. The van der Waals surface area contributed by atoms with E-state index in [9.17, 15) is 0 Å². The van der Waals surface area contributed by atoms with E-state index >= 15 is 0 Å². The third kappa shape index (κ3) is 4.74. The first-order chi connectivity index (χ1) is 26.8. The number of benzene rings is 10. The predicted molar refractivity (Wildman–Crippen MR) is 229 cm³/mol. The highest BCUT2D eigenvalue weighted by atomic mass is 16.3. The van der Waals surface area contributed by atoms with Gasteiger partial charge in [-0.15, -0.1) is 0 Å². The van der Waals surface area contributed by atoms with E-state index in [0.717, 1.165) is 44.4 Å². The summed E-state index contributed by atoms with van der Waals surface area (Å²) >= 11 is 0. The van der Waals surface area contributed by atoms with E-state index in [-0.39, 0.29) is 0 Å². The van der Waals surface area contributed by atoms with Crippen LogP contribution in [0.4, 0.5) is 17.1 Å². The molecule has 0 atom stereocenters. The van der Waals surface area contributed by atoms with Gasteiger partial charge in [-0.05, 0) is 97.0 Å². The van der Waals surface area contributed by atoms with Gasteiger partial charge in [0.1, 0.15) is 11.2 Å². The van der Waals surface area contributed by atoms with Crippen LogP contribution in [-0.4, -0.2) is 0 Å². The van der Waals surface area contributed by atoms with Gasteiger partial charge in [0, 0.05) is 21.8 Å². The lowest BCUT2D eigenvalue weighted by Crippen LogP contribution is -2.11. The van der Waals surface area contributed by atoms with Crippen molar-refractivity contribution in [1.29, 1.82) is 0 Å². The van der Waals surface area contributed by atoms with Crippen LogP contribution in [0.1, 0.15) is 0 Å². The van der Waals surface area contributed by atoms with Gasteiger partial charge in [0.15, 0.2) is 0 Å². The maximum Gasteiger partial charge on any atom is 0.143 e.